The lowest BCUT2D eigenvalue weighted by molar-refractivity contribution is -0.173. The highest BCUT2D eigenvalue weighted by atomic mass is 19.4. The Kier molecular flexibility index (Phi) is 4.66. The molecule has 0 unspecified atom stereocenters. The first kappa shape index (κ1) is 21.3. The Morgan fingerprint density at radius 2 is 1.88 bits per heavy atom. The molecule has 1 saturated heterocycles. The maximum atomic E-state index is 13.9. The molecule has 1 amide bonds. The fourth-order valence-corrected chi connectivity index (χ4v) is 6.43. The highest BCUT2D eigenvalue weighted by Crippen LogP contribution is 2.53. The molecule has 0 radical (unpaired) electrons. The van der Waals surface area contributed by atoms with Gasteiger partial charge in [0, 0.05) is 25.1 Å². The molecule has 1 aromatic heterocycles. The lowest BCUT2D eigenvalue weighted by Crippen LogP contribution is -2.38. The van der Waals surface area contributed by atoms with Gasteiger partial charge in [0.1, 0.15) is 5.82 Å². The maximum Gasteiger partial charge on any atom is 0.410 e. The van der Waals surface area contributed by atoms with Crippen molar-refractivity contribution in [1.29, 1.82) is 0 Å². The Morgan fingerprint density at radius 3 is 2.56 bits per heavy atom. The molecule has 1 aromatic carbocycles. The van der Waals surface area contributed by atoms with Crippen LogP contribution in [0.15, 0.2) is 36.4 Å². The first-order chi connectivity index (χ1) is 14.9. The summed E-state index contributed by atoms with van der Waals surface area (Å²) in [6, 6.07) is 8.42. The van der Waals surface area contributed by atoms with E-state index in [0.717, 1.165) is 29.5 Å². The van der Waals surface area contributed by atoms with Crippen LogP contribution in [0.2, 0.25) is 0 Å². The number of anilines is 1. The summed E-state index contributed by atoms with van der Waals surface area (Å²) in [5, 5.41) is 7.37. The molecular formula is C24H29F3N4O. The molecule has 2 fully saturated rings. The van der Waals surface area contributed by atoms with E-state index in [1.807, 2.05) is 35.2 Å². The number of fused-ring (bicyclic) bond motifs is 3. The van der Waals surface area contributed by atoms with E-state index in [1.165, 1.54) is 6.07 Å². The number of nitrogens with zero attached hydrogens (tertiary/aromatic N) is 3. The van der Waals surface area contributed by atoms with Crippen molar-refractivity contribution in [2.75, 3.05) is 11.9 Å². The summed E-state index contributed by atoms with van der Waals surface area (Å²) in [6.45, 7) is 7.29. The number of carbonyl (C=O) groups excluding carboxylic acids is 1. The fraction of sp³-hybridized carbons (Fsp3) is 0.583. The third kappa shape index (κ3) is 3.67. The number of rotatable bonds is 2. The van der Waals surface area contributed by atoms with Crippen molar-refractivity contribution in [2.45, 2.75) is 70.8 Å². The second-order valence-corrected chi connectivity index (χ2v) is 10.9. The third-order valence-electron chi connectivity index (χ3n) is 7.29. The average Bonchev–Trinajstić information content (AvgIpc) is 3.23. The first-order valence-electron chi connectivity index (χ1n) is 11.2. The Hall–Kier alpha value is -2.51. The van der Waals surface area contributed by atoms with E-state index in [2.05, 4.69) is 31.2 Å². The number of hydrogen-bond acceptors (Lipinski definition) is 3. The molecule has 2 aliphatic heterocycles. The fourth-order valence-electron chi connectivity index (χ4n) is 6.43. The van der Waals surface area contributed by atoms with Gasteiger partial charge in [-0.2, -0.15) is 18.3 Å². The van der Waals surface area contributed by atoms with E-state index < -0.39 is 18.3 Å². The minimum atomic E-state index is -4.46. The van der Waals surface area contributed by atoms with Crippen LogP contribution in [-0.2, 0) is 0 Å². The summed E-state index contributed by atoms with van der Waals surface area (Å²) >= 11 is 0. The molecule has 1 aliphatic carbocycles. The predicted octanol–water partition coefficient (Wildman–Crippen LogP) is 5.58. The Labute approximate surface area is 186 Å². The number of alkyl halides is 3. The van der Waals surface area contributed by atoms with Crippen molar-refractivity contribution in [2.24, 2.45) is 10.8 Å². The van der Waals surface area contributed by atoms with Crippen LogP contribution in [0.4, 0.5) is 19.0 Å². The van der Waals surface area contributed by atoms with Crippen LogP contribution < -0.4 is 5.32 Å². The number of aromatic nitrogens is 2. The van der Waals surface area contributed by atoms with Gasteiger partial charge in [0.25, 0.3) is 5.91 Å². The normalized spacial score (nSPS) is 31.2. The topological polar surface area (TPSA) is 50.2 Å². The predicted molar refractivity (Wildman–Crippen MR) is 115 cm³/mol. The molecule has 32 heavy (non-hydrogen) atoms. The summed E-state index contributed by atoms with van der Waals surface area (Å²) in [5.41, 5.74) is 1.06. The van der Waals surface area contributed by atoms with Crippen LogP contribution in [0.3, 0.4) is 0 Å². The zero-order valence-electron chi connectivity index (χ0n) is 18.6. The SMILES string of the molecule is CC1(C)C[C@H]2C[C@@](C)(CN2C(=O)c2cc3n(n2)[C@H](C(F)(F)F)C[C@H](c2ccccc2)N3)C1. The summed E-state index contributed by atoms with van der Waals surface area (Å²) in [5.74, 6) is -0.0261. The second-order valence-electron chi connectivity index (χ2n) is 10.9. The summed E-state index contributed by atoms with van der Waals surface area (Å²) in [4.78, 5) is 15.3. The first-order valence-corrected chi connectivity index (χ1v) is 11.2. The van der Waals surface area contributed by atoms with E-state index in [1.54, 1.807) is 0 Å². The highest BCUT2D eigenvalue weighted by Gasteiger charge is 2.52. The van der Waals surface area contributed by atoms with Crippen molar-refractivity contribution in [1.82, 2.24) is 14.7 Å². The van der Waals surface area contributed by atoms with Gasteiger partial charge in [-0.05, 0) is 35.7 Å². The molecule has 3 aliphatic rings. The number of benzene rings is 1. The Morgan fingerprint density at radius 1 is 1.16 bits per heavy atom. The summed E-state index contributed by atoms with van der Waals surface area (Å²) in [7, 11) is 0. The van der Waals surface area contributed by atoms with Gasteiger partial charge < -0.3 is 10.2 Å². The molecule has 8 heteroatoms. The number of amides is 1. The molecule has 172 valence electrons. The van der Waals surface area contributed by atoms with Crippen molar-refractivity contribution in [3.8, 4) is 0 Å². The van der Waals surface area contributed by atoms with Gasteiger partial charge in [0.05, 0.1) is 6.04 Å². The van der Waals surface area contributed by atoms with Gasteiger partial charge in [-0.15, -0.1) is 0 Å². The summed E-state index contributed by atoms with van der Waals surface area (Å²) in [6.07, 6.45) is -1.75. The zero-order chi connectivity index (χ0) is 22.9. The molecule has 5 nitrogen and oxygen atoms in total. The van der Waals surface area contributed by atoms with Gasteiger partial charge in [-0.1, -0.05) is 51.1 Å². The van der Waals surface area contributed by atoms with Crippen LogP contribution in [0.5, 0.6) is 0 Å². The number of carbonyl (C=O) groups is 1. The molecular weight excluding hydrogens is 417 g/mol. The van der Waals surface area contributed by atoms with Crippen LogP contribution >= 0.6 is 0 Å². The van der Waals surface area contributed by atoms with Crippen LogP contribution in [0.25, 0.3) is 0 Å². The monoisotopic (exact) mass is 446 g/mol. The molecule has 0 spiro atoms. The largest absolute Gasteiger partial charge is 0.410 e. The van der Waals surface area contributed by atoms with E-state index in [0.29, 0.717) is 6.54 Å². The second kappa shape index (κ2) is 6.99. The van der Waals surface area contributed by atoms with Crippen molar-refractivity contribution in [3.63, 3.8) is 0 Å². The highest BCUT2D eigenvalue weighted by molar-refractivity contribution is 5.93. The number of nitrogens with one attached hydrogen (secondary N) is 1. The van der Waals surface area contributed by atoms with Gasteiger partial charge in [0.15, 0.2) is 11.7 Å². The summed E-state index contributed by atoms with van der Waals surface area (Å²) < 4.78 is 42.8. The third-order valence-corrected chi connectivity index (χ3v) is 7.29. The standard InChI is InChI=1S/C24H29F3N4O/c1-22(2)11-16-12-23(3,13-22)14-30(16)21(32)18-10-20-28-17(15-7-5-4-6-8-15)9-19(24(25,26)27)31(20)29-18/h4-8,10,16-17,19,28H,9,11-14H2,1-3H3/t16-,17+,19-,23+/m0/s1. The van der Waals surface area contributed by atoms with Crippen molar-refractivity contribution in [3.05, 3.63) is 47.7 Å². The minimum Gasteiger partial charge on any atom is -0.363 e. The number of halogens is 3. The molecule has 2 aromatic rings. The molecule has 4 atom stereocenters. The quantitative estimate of drug-likeness (QED) is 0.655. The van der Waals surface area contributed by atoms with Crippen molar-refractivity contribution < 1.29 is 18.0 Å². The lowest BCUT2D eigenvalue weighted by atomic mass is 9.65. The molecule has 2 bridgehead atoms. The zero-order valence-corrected chi connectivity index (χ0v) is 18.6. The molecule has 5 rings (SSSR count). The van der Waals surface area contributed by atoms with Crippen LogP contribution in [-0.4, -0.2) is 39.4 Å². The van der Waals surface area contributed by atoms with Crippen LogP contribution in [0.1, 0.15) is 74.6 Å². The van der Waals surface area contributed by atoms with Gasteiger partial charge in [-0.25, -0.2) is 4.68 Å². The van der Waals surface area contributed by atoms with Gasteiger partial charge in [-0.3, -0.25) is 4.79 Å². The van der Waals surface area contributed by atoms with E-state index >= 15 is 0 Å². The number of hydrogen-bond donors (Lipinski definition) is 1. The van der Waals surface area contributed by atoms with Crippen LogP contribution in [0, 0.1) is 10.8 Å². The smallest absolute Gasteiger partial charge is 0.363 e. The van der Waals surface area contributed by atoms with E-state index in [-0.39, 0.29) is 40.7 Å². The average molecular weight is 447 g/mol. The Balaban J connectivity index is 1.46. The van der Waals surface area contributed by atoms with Gasteiger partial charge >= 0.3 is 6.18 Å². The molecule has 1 saturated carbocycles. The van der Waals surface area contributed by atoms with Gasteiger partial charge in [0.2, 0.25) is 0 Å². The van der Waals surface area contributed by atoms with E-state index in [4.69, 9.17) is 0 Å². The number of likely N-dealkylation sites (tertiary alicyclic amines) is 1. The maximum absolute atomic E-state index is 13.9. The van der Waals surface area contributed by atoms with E-state index in [9.17, 15) is 18.0 Å². The Bertz CT molecular complexity index is 1030. The lowest BCUT2D eigenvalue weighted by Gasteiger charge is -2.39. The van der Waals surface area contributed by atoms with Crippen molar-refractivity contribution >= 4 is 11.7 Å². The molecule has 1 N–H and O–H groups in total. The molecule has 3 heterocycles. The minimum absolute atomic E-state index is 0.0482.